The molecule has 0 saturated heterocycles. The highest BCUT2D eigenvalue weighted by atomic mass is 19.4. The molecule has 1 atom stereocenters. The van der Waals surface area contributed by atoms with Gasteiger partial charge in [0.1, 0.15) is 0 Å². The lowest BCUT2D eigenvalue weighted by Crippen LogP contribution is -2.83. The standard InChI is InChI=1S/C8F15/c9-2(7(18,19)20,5(14,15)8(21,22)23)1-3(10,11)6(16,17)4(1,12)13/q-1. The molecule has 0 N–H and O–H groups in total. The molecule has 0 spiro atoms. The Labute approximate surface area is 115 Å². The SMILES string of the molecule is FC(F)(F)C(F)(F)C(F)([C-]1C(F)(F)C(F)(F)C1(F)F)C(F)(F)F. The molecular formula is C8F15-. The molecule has 0 aliphatic heterocycles. The molecule has 1 aliphatic rings. The second kappa shape index (κ2) is 4.32. The van der Waals surface area contributed by atoms with Crippen LogP contribution in [0.3, 0.4) is 0 Å². The van der Waals surface area contributed by atoms with E-state index in [4.69, 9.17) is 0 Å². The van der Waals surface area contributed by atoms with E-state index in [0.29, 0.717) is 0 Å². The highest BCUT2D eigenvalue weighted by Crippen LogP contribution is 2.74. The molecule has 15 heteroatoms. The van der Waals surface area contributed by atoms with Crippen LogP contribution in [0, 0.1) is 5.92 Å². The van der Waals surface area contributed by atoms with Crippen molar-refractivity contribution < 1.29 is 65.9 Å². The predicted octanol–water partition coefficient (Wildman–Crippen LogP) is 4.95. The summed E-state index contributed by atoms with van der Waals surface area (Å²) in [7, 11) is 0. The van der Waals surface area contributed by atoms with Crippen LogP contribution in [0.2, 0.25) is 0 Å². The predicted molar refractivity (Wildman–Crippen MR) is 39.0 cm³/mol. The van der Waals surface area contributed by atoms with E-state index in [1.54, 1.807) is 0 Å². The molecule has 0 aromatic heterocycles. The second-order valence-corrected chi connectivity index (χ2v) is 4.33. The average molecular weight is 381 g/mol. The summed E-state index contributed by atoms with van der Waals surface area (Å²) in [5.74, 6) is -33.4. The van der Waals surface area contributed by atoms with E-state index in [-0.39, 0.29) is 0 Å². The topological polar surface area (TPSA) is 0 Å². The van der Waals surface area contributed by atoms with E-state index < -0.39 is 47.6 Å². The van der Waals surface area contributed by atoms with E-state index in [0.717, 1.165) is 0 Å². The fraction of sp³-hybridized carbons (Fsp3) is 0.875. The molecule has 1 aliphatic carbocycles. The number of hydrogen-bond donors (Lipinski definition) is 0. The molecule has 0 heterocycles. The molecule has 1 unspecified atom stereocenters. The van der Waals surface area contributed by atoms with Crippen molar-refractivity contribution in [2.75, 3.05) is 0 Å². The van der Waals surface area contributed by atoms with Gasteiger partial charge in [0.05, 0.1) is 0 Å². The molecule has 0 amide bonds. The minimum atomic E-state index is -7.89. The summed E-state index contributed by atoms with van der Waals surface area (Å²) >= 11 is 0. The summed E-state index contributed by atoms with van der Waals surface area (Å²) in [6, 6.07) is 0. The van der Waals surface area contributed by atoms with Crippen LogP contribution in [-0.4, -0.2) is 41.7 Å². The zero-order chi connectivity index (χ0) is 19.1. The third-order valence-electron chi connectivity index (χ3n) is 2.94. The highest BCUT2D eigenvalue weighted by Gasteiger charge is 2.91. The lowest BCUT2D eigenvalue weighted by molar-refractivity contribution is -0.442. The van der Waals surface area contributed by atoms with Gasteiger partial charge in [-0.2, -0.15) is 43.9 Å². The molecule has 1 rings (SSSR count). The molecular weight excluding hydrogens is 381 g/mol. The maximum Gasteiger partial charge on any atom is 0.454 e. The molecule has 0 radical (unpaired) electrons. The van der Waals surface area contributed by atoms with Crippen molar-refractivity contribution >= 4 is 0 Å². The first-order chi connectivity index (χ1) is 9.62. The van der Waals surface area contributed by atoms with Gasteiger partial charge in [0.25, 0.3) is 0 Å². The van der Waals surface area contributed by atoms with Crippen LogP contribution in [-0.2, 0) is 0 Å². The Morgan fingerprint density at radius 3 is 1.04 bits per heavy atom. The summed E-state index contributed by atoms with van der Waals surface area (Å²) in [5, 5.41) is 0. The van der Waals surface area contributed by atoms with E-state index >= 15 is 0 Å². The van der Waals surface area contributed by atoms with Crippen molar-refractivity contribution in [3.8, 4) is 0 Å². The second-order valence-electron chi connectivity index (χ2n) is 4.33. The van der Waals surface area contributed by atoms with Crippen LogP contribution in [0.15, 0.2) is 0 Å². The Morgan fingerprint density at radius 1 is 0.522 bits per heavy atom. The summed E-state index contributed by atoms with van der Waals surface area (Å²) < 4.78 is 187. The summed E-state index contributed by atoms with van der Waals surface area (Å²) in [6.45, 7) is 0. The molecule has 0 nitrogen and oxygen atoms in total. The zero-order valence-electron chi connectivity index (χ0n) is 9.67. The molecule has 0 bridgehead atoms. The highest BCUT2D eigenvalue weighted by molar-refractivity contribution is 5.44. The first-order valence-electron chi connectivity index (χ1n) is 4.83. The van der Waals surface area contributed by atoms with Gasteiger partial charge in [-0.15, -0.1) is 5.92 Å². The lowest BCUT2D eigenvalue weighted by Gasteiger charge is -2.66. The minimum Gasteiger partial charge on any atom is -0.262 e. The number of halogens is 15. The normalized spacial score (nSPS) is 27.3. The Bertz CT molecular complexity index is 463. The molecule has 23 heavy (non-hydrogen) atoms. The van der Waals surface area contributed by atoms with Crippen LogP contribution >= 0.6 is 0 Å². The maximum atomic E-state index is 13.4. The van der Waals surface area contributed by atoms with Crippen LogP contribution in [0.4, 0.5) is 65.9 Å². The Morgan fingerprint density at radius 2 is 0.826 bits per heavy atom. The third-order valence-corrected chi connectivity index (χ3v) is 2.94. The average Bonchev–Trinajstić information content (AvgIpc) is 2.23. The van der Waals surface area contributed by atoms with Gasteiger partial charge < -0.3 is 0 Å². The smallest absolute Gasteiger partial charge is 0.262 e. The van der Waals surface area contributed by atoms with E-state index in [1.165, 1.54) is 0 Å². The maximum absolute atomic E-state index is 13.4. The number of alkyl halides is 15. The van der Waals surface area contributed by atoms with Gasteiger partial charge in [-0.05, 0) is 0 Å². The summed E-state index contributed by atoms with van der Waals surface area (Å²) in [6.07, 6.45) is -15.3. The quantitative estimate of drug-likeness (QED) is 0.469. The summed E-state index contributed by atoms with van der Waals surface area (Å²) in [5.41, 5.74) is -7.78. The molecule has 0 aromatic rings. The van der Waals surface area contributed by atoms with Gasteiger partial charge in [-0.1, -0.05) is 0 Å². The van der Waals surface area contributed by atoms with E-state index in [1.807, 2.05) is 0 Å². The first-order valence-corrected chi connectivity index (χ1v) is 4.83. The number of rotatable bonds is 2. The van der Waals surface area contributed by atoms with Gasteiger partial charge in [0.15, 0.2) is 5.67 Å². The van der Waals surface area contributed by atoms with Crippen LogP contribution in [0.5, 0.6) is 0 Å². The third kappa shape index (κ3) is 1.96. The van der Waals surface area contributed by atoms with Crippen LogP contribution < -0.4 is 0 Å². The summed E-state index contributed by atoms with van der Waals surface area (Å²) in [4.78, 5) is 0. The van der Waals surface area contributed by atoms with Gasteiger partial charge in [0, 0.05) is 0 Å². The van der Waals surface area contributed by atoms with Crippen molar-refractivity contribution in [3.05, 3.63) is 5.92 Å². The van der Waals surface area contributed by atoms with Crippen molar-refractivity contribution in [2.45, 2.75) is 41.7 Å². The monoisotopic (exact) mass is 381 g/mol. The minimum absolute atomic E-state index is 4.91. The van der Waals surface area contributed by atoms with E-state index in [9.17, 15) is 65.9 Å². The Kier molecular flexibility index (Phi) is 3.75. The molecule has 1 saturated carbocycles. The van der Waals surface area contributed by atoms with Gasteiger partial charge >= 0.3 is 24.2 Å². The Hall–Kier alpha value is -1.05. The zero-order valence-corrected chi connectivity index (χ0v) is 9.67. The van der Waals surface area contributed by atoms with E-state index in [2.05, 4.69) is 0 Å². The van der Waals surface area contributed by atoms with Gasteiger partial charge in [-0.25, -0.2) is 17.6 Å². The van der Waals surface area contributed by atoms with Crippen molar-refractivity contribution in [1.29, 1.82) is 0 Å². The lowest BCUT2D eigenvalue weighted by atomic mass is 9.62. The molecule has 0 aromatic carbocycles. The van der Waals surface area contributed by atoms with Crippen molar-refractivity contribution in [2.24, 2.45) is 0 Å². The van der Waals surface area contributed by atoms with Crippen molar-refractivity contribution in [1.82, 2.24) is 0 Å². The van der Waals surface area contributed by atoms with Crippen LogP contribution in [0.1, 0.15) is 0 Å². The first kappa shape index (κ1) is 20.0. The van der Waals surface area contributed by atoms with Gasteiger partial charge in [0.2, 0.25) is 11.8 Å². The Balaban J connectivity index is 3.72. The molecule has 1 fully saturated rings. The van der Waals surface area contributed by atoms with Gasteiger partial charge in [-0.3, -0.25) is 4.39 Å². The van der Waals surface area contributed by atoms with Crippen LogP contribution in [0.25, 0.3) is 0 Å². The fourth-order valence-electron chi connectivity index (χ4n) is 1.75. The van der Waals surface area contributed by atoms with Crippen molar-refractivity contribution in [3.63, 3.8) is 0 Å². The fourth-order valence-corrected chi connectivity index (χ4v) is 1.75. The largest absolute Gasteiger partial charge is 0.454 e. The number of hydrogen-bond acceptors (Lipinski definition) is 0. The molecule has 138 valence electrons.